The lowest BCUT2D eigenvalue weighted by Gasteiger charge is -2.21. The van der Waals surface area contributed by atoms with Gasteiger partial charge in [-0.1, -0.05) is 54.6 Å². The summed E-state index contributed by atoms with van der Waals surface area (Å²) in [5, 5.41) is 8.72. The fraction of sp³-hybridized carbons (Fsp3) is 0.227. The maximum absolute atomic E-state index is 12.6. The van der Waals surface area contributed by atoms with Gasteiger partial charge in [-0.15, -0.1) is 0 Å². The normalized spacial score (nSPS) is 13.2. The number of ether oxygens (including phenoxy) is 1. The molecule has 0 unspecified atom stereocenters. The highest BCUT2D eigenvalue weighted by Crippen LogP contribution is 2.25. The zero-order valence-corrected chi connectivity index (χ0v) is 15.3. The van der Waals surface area contributed by atoms with E-state index in [4.69, 9.17) is 4.74 Å². The highest BCUT2D eigenvalue weighted by atomic mass is 16.5. The lowest BCUT2D eigenvalue weighted by molar-refractivity contribution is -0.117. The summed E-state index contributed by atoms with van der Waals surface area (Å²) in [5.41, 5.74) is 1.85. The highest BCUT2D eigenvalue weighted by molar-refractivity contribution is 5.96. The van der Waals surface area contributed by atoms with E-state index >= 15 is 0 Å². The summed E-state index contributed by atoms with van der Waals surface area (Å²) in [6.45, 7) is 3.95. The van der Waals surface area contributed by atoms with Crippen molar-refractivity contribution in [3.05, 3.63) is 72.3 Å². The Labute approximate surface area is 154 Å². The van der Waals surface area contributed by atoms with Crippen molar-refractivity contribution in [3.8, 4) is 5.75 Å². The molecule has 134 valence electrons. The number of anilines is 1. The summed E-state index contributed by atoms with van der Waals surface area (Å²) < 4.78 is 5.29. The summed E-state index contributed by atoms with van der Waals surface area (Å²) in [4.78, 5) is 12.6. The molecule has 1 amide bonds. The minimum atomic E-state index is -0.353. The number of methoxy groups -OCH3 is 1. The lowest BCUT2D eigenvalue weighted by Crippen LogP contribution is -2.39. The van der Waals surface area contributed by atoms with Crippen molar-refractivity contribution in [2.75, 3.05) is 12.4 Å². The van der Waals surface area contributed by atoms with Gasteiger partial charge >= 0.3 is 0 Å². The molecule has 0 saturated carbocycles. The Hall–Kier alpha value is -2.85. The maximum atomic E-state index is 12.6. The van der Waals surface area contributed by atoms with E-state index in [-0.39, 0.29) is 18.0 Å². The van der Waals surface area contributed by atoms with Gasteiger partial charge < -0.3 is 10.1 Å². The average Bonchev–Trinajstić information content (AvgIpc) is 2.67. The quantitative estimate of drug-likeness (QED) is 0.688. The number of fused-ring (bicyclic) bond motifs is 1. The highest BCUT2D eigenvalue weighted by Gasteiger charge is 2.18. The van der Waals surface area contributed by atoms with E-state index in [1.165, 1.54) is 16.3 Å². The first-order valence-corrected chi connectivity index (χ1v) is 8.77. The molecule has 4 heteroatoms. The lowest BCUT2D eigenvalue weighted by atomic mass is 9.99. The monoisotopic (exact) mass is 348 g/mol. The van der Waals surface area contributed by atoms with Crippen LogP contribution < -0.4 is 15.4 Å². The molecule has 0 saturated heterocycles. The number of hydrogen-bond donors (Lipinski definition) is 2. The third-order valence-electron chi connectivity index (χ3n) is 4.55. The van der Waals surface area contributed by atoms with Crippen LogP contribution in [0.3, 0.4) is 0 Å². The minimum absolute atomic E-state index is 0.0412. The Kier molecular flexibility index (Phi) is 5.54. The Bertz CT molecular complexity index is 902. The van der Waals surface area contributed by atoms with Crippen molar-refractivity contribution in [1.82, 2.24) is 5.32 Å². The third-order valence-corrected chi connectivity index (χ3v) is 4.55. The zero-order chi connectivity index (χ0) is 18.5. The van der Waals surface area contributed by atoms with Crippen LogP contribution >= 0.6 is 0 Å². The molecular weight excluding hydrogens is 324 g/mol. The van der Waals surface area contributed by atoms with Crippen molar-refractivity contribution in [3.63, 3.8) is 0 Å². The van der Waals surface area contributed by atoms with Gasteiger partial charge in [0, 0.05) is 6.04 Å². The smallest absolute Gasteiger partial charge is 0.241 e. The number of para-hydroxylation sites is 2. The SMILES string of the molecule is COc1ccccc1NC(=O)[C@H](C)N[C@@H](C)c1cccc2ccccc12. The molecule has 0 aliphatic rings. The van der Waals surface area contributed by atoms with E-state index < -0.39 is 0 Å². The molecule has 0 aromatic heterocycles. The number of carbonyl (C=O) groups excluding carboxylic acids is 1. The van der Waals surface area contributed by atoms with Crippen LogP contribution in [0.4, 0.5) is 5.69 Å². The molecule has 3 rings (SSSR count). The van der Waals surface area contributed by atoms with Crippen LogP contribution in [-0.2, 0) is 4.79 Å². The third kappa shape index (κ3) is 3.86. The Balaban J connectivity index is 1.72. The van der Waals surface area contributed by atoms with E-state index in [0.29, 0.717) is 11.4 Å². The first-order chi connectivity index (χ1) is 12.6. The van der Waals surface area contributed by atoms with Gasteiger partial charge in [0.05, 0.1) is 18.8 Å². The second kappa shape index (κ2) is 8.02. The molecule has 3 aromatic carbocycles. The van der Waals surface area contributed by atoms with Gasteiger partial charge in [0.25, 0.3) is 0 Å². The van der Waals surface area contributed by atoms with E-state index in [2.05, 4.69) is 47.9 Å². The molecule has 0 bridgehead atoms. The van der Waals surface area contributed by atoms with Crippen LogP contribution in [0.15, 0.2) is 66.7 Å². The van der Waals surface area contributed by atoms with Gasteiger partial charge in [0.2, 0.25) is 5.91 Å². The molecule has 0 aliphatic heterocycles. The van der Waals surface area contributed by atoms with Crippen molar-refractivity contribution >= 4 is 22.4 Å². The van der Waals surface area contributed by atoms with Gasteiger partial charge in [0.15, 0.2) is 0 Å². The summed E-state index contributed by atoms with van der Waals surface area (Å²) in [5.74, 6) is 0.553. The number of amides is 1. The molecule has 0 aliphatic carbocycles. The Morgan fingerprint density at radius 3 is 2.42 bits per heavy atom. The summed E-state index contributed by atoms with van der Waals surface area (Å²) in [7, 11) is 1.59. The van der Waals surface area contributed by atoms with E-state index in [9.17, 15) is 4.79 Å². The fourth-order valence-corrected chi connectivity index (χ4v) is 3.16. The second-order valence-electron chi connectivity index (χ2n) is 6.37. The van der Waals surface area contributed by atoms with Gasteiger partial charge in [-0.2, -0.15) is 0 Å². The van der Waals surface area contributed by atoms with Crippen LogP contribution in [0.2, 0.25) is 0 Å². The van der Waals surface area contributed by atoms with Crippen molar-refractivity contribution < 1.29 is 9.53 Å². The molecular formula is C22H24N2O2. The minimum Gasteiger partial charge on any atom is -0.495 e. The van der Waals surface area contributed by atoms with E-state index in [1.807, 2.05) is 43.3 Å². The second-order valence-corrected chi connectivity index (χ2v) is 6.37. The van der Waals surface area contributed by atoms with Crippen LogP contribution in [0.25, 0.3) is 10.8 Å². The first-order valence-electron chi connectivity index (χ1n) is 8.77. The molecule has 3 aromatic rings. The van der Waals surface area contributed by atoms with Crippen molar-refractivity contribution in [1.29, 1.82) is 0 Å². The van der Waals surface area contributed by atoms with Gasteiger partial charge in [-0.05, 0) is 42.3 Å². The van der Waals surface area contributed by atoms with Crippen LogP contribution in [0.1, 0.15) is 25.5 Å². The largest absolute Gasteiger partial charge is 0.495 e. The van der Waals surface area contributed by atoms with Gasteiger partial charge in [-0.3, -0.25) is 10.1 Å². The predicted octanol–water partition coefficient (Wildman–Crippen LogP) is 4.53. The number of rotatable bonds is 6. The molecule has 0 fully saturated rings. The average molecular weight is 348 g/mol. The Morgan fingerprint density at radius 2 is 1.62 bits per heavy atom. The van der Waals surface area contributed by atoms with Crippen molar-refractivity contribution in [2.24, 2.45) is 0 Å². The van der Waals surface area contributed by atoms with E-state index in [1.54, 1.807) is 7.11 Å². The number of nitrogens with one attached hydrogen (secondary N) is 2. The summed E-state index contributed by atoms with van der Waals surface area (Å²) >= 11 is 0. The molecule has 0 spiro atoms. The standard InChI is InChI=1S/C22H24N2O2/c1-15(18-12-8-10-17-9-4-5-11-19(17)18)23-16(2)22(25)24-20-13-6-7-14-21(20)26-3/h4-16,23H,1-3H3,(H,24,25)/t15-,16-/m0/s1. The molecule has 0 heterocycles. The zero-order valence-electron chi connectivity index (χ0n) is 15.3. The molecule has 2 N–H and O–H groups in total. The van der Waals surface area contributed by atoms with Crippen molar-refractivity contribution in [2.45, 2.75) is 25.9 Å². The number of benzene rings is 3. The molecule has 2 atom stereocenters. The summed E-state index contributed by atoms with van der Waals surface area (Å²) in [6.07, 6.45) is 0. The maximum Gasteiger partial charge on any atom is 0.241 e. The van der Waals surface area contributed by atoms with Gasteiger partial charge in [0.1, 0.15) is 5.75 Å². The van der Waals surface area contributed by atoms with E-state index in [0.717, 1.165) is 0 Å². The Morgan fingerprint density at radius 1 is 0.923 bits per heavy atom. The molecule has 26 heavy (non-hydrogen) atoms. The first kappa shape index (κ1) is 18.0. The van der Waals surface area contributed by atoms with Crippen LogP contribution in [0, 0.1) is 0 Å². The van der Waals surface area contributed by atoms with Gasteiger partial charge in [-0.25, -0.2) is 0 Å². The number of hydrogen-bond acceptors (Lipinski definition) is 3. The number of carbonyl (C=O) groups is 1. The molecule has 4 nitrogen and oxygen atoms in total. The summed E-state index contributed by atoms with van der Waals surface area (Å²) in [6, 6.07) is 21.6. The van der Waals surface area contributed by atoms with Crippen LogP contribution in [0.5, 0.6) is 5.75 Å². The topological polar surface area (TPSA) is 50.4 Å². The molecule has 0 radical (unpaired) electrons. The van der Waals surface area contributed by atoms with Crippen LogP contribution in [-0.4, -0.2) is 19.1 Å². The fourth-order valence-electron chi connectivity index (χ4n) is 3.16. The predicted molar refractivity (Wildman–Crippen MR) is 107 cm³/mol.